The Labute approximate surface area is 101 Å². The molecule has 0 saturated carbocycles. The van der Waals surface area contributed by atoms with Crippen LogP contribution in [-0.2, 0) is 20.0 Å². The van der Waals surface area contributed by atoms with Crippen LogP contribution < -0.4 is 5.32 Å². The normalized spacial score (nSPS) is 10.7. The fraction of sp³-hybridized carbons (Fsp3) is 0.417. The molecule has 5 nitrogen and oxygen atoms in total. The summed E-state index contributed by atoms with van der Waals surface area (Å²) < 4.78 is 0. The van der Waals surface area contributed by atoms with Crippen molar-refractivity contribution >= 4 is 0 Å². The minimum absolute atomic E-state index is 0.666. The van der Waals surface area contributed by atoms with Crippen molar-refractivity contribution in [3.05, 3.63) is 41.2 Å². The summed E-state index contributed by atoms with van der Waals surface area (Å²) in [7, 11) is 1.77. The molecule has 2 aromatic rings. The second-order valence-electron chi connectivity index (χ2n) is 4.05. The van der Waals surface area contributed by atoms with Crippen molar-refractivity contribution in [2.24, 2.45) is 7.05 Å². The number of nitrogens with one attached hydrogen (secondary N) is 1. The van der Waals surface area contributed by atoms with Crippen molar-refractivity contribution in [2.75, 3.05) is 6.54 Å². The van der Waals surface area contributed by atoms with Gasteiger partial charge in [0.2, 0.25) is 0 Å². The van der Waals surface area contributed by atoms with Gasteiger partial charge >= 0.3 is 0 Å². The summed E-state index contributed by atoms with van der Waals surface area (Å²) in [5.74, 6) is 0.734. The van der Waals surface area contributed by atoms with Crippen LogP contribution in [0.3, 0.4) is 0 Å². The molecular formula is C12H17N5. The summed E-state index contributed by atoms with van der Waals surface area (Å²) in [6, 6.07) is 8.44. The fourth-order valence-electron chi connectivity index (χ4n) is 1.71. The number of nitrogens with zero attached hydrogens (tertiary/aromatic N) is 4. The van der Waals surface area contributed by atoms with Crippen molar-refractivity contribution in [1.29, 1.82) is 0 Å². The van der Waals surface area contributed by atoms with Gasteiger partial charge in [-0.25, -0.2) is 0 Å². The Hall–Kier alpha value is -1.75. The number of benzene rings is 1. The van der Waals surface area contributed by atoms with Crippen molar-refractivity contribution < 1.29 is 0 Å². The lowest BCUT2D eigenvalue weighted by molar-refractivity contribution is 0.619. The Morgan fingerprint density at radius 2 is 2.12 bits per heavy atom. The highest BCUT2D eigenvalue weighted by Crippen LogP contribution is 2.06. The highest BCUT2D eigenvalue weighted by Gasteiger charge is 2.00. The molecule has 0 aliphatic carbocycles. The molecule has 0 unspecified atom stereocenters. The van der Waals surface area contributed by atoms with Gasteiger partial charge in [-0.1, -0.05) is 24.3 Å². The molecule has 0 radical (unpaired) electrons. The highest BCUT2D eigenvalue weighted by molar-refractivity contribution is 5.25. The highest BCUT2D eigenvalue weighted by atomic mass is 15.6. The van der Waals surface area contributed by atoms with Crippen LogP contribution in [0.2, 0.25) is 0 Å². The predicted molar refractivity (Wildman–Crippen MR) is 65.4 cm³/mol. The van der Waals surface area contributed by atoms with Crippen LogP contribution in [0.1, 0.15) is 17.0 Å². The number of rotatable bonds is 5. The third-order valence-electron chi connectivity index (χ3n) is 2.67. The van der Waals surface area contributed by atoms with E-state index < -0.39 is 0 Å². The SMILES string of the molecule is Cc1ccccc1CCNCc1nnn(C)n1. The van der Waals surface area contributed by atoms with E-state index in [0.29, 0.717) is 6.54 Å². The molecule has 0 amide bonds. The molecular weight excluding hydrogens is 214 g/mol. The van der Waals surface area contributed by atoms with Crippen LogP contribution in [0.25, 0.3) is 0 Å². The molecule has 1 aromatic carbocycles. The smallest absolute Gasteiger partial charge is 0.188 e. The largest absolute Gasteiger partial charge is 0.309 e. The van der Waals surface area contributed by atoms with Gasteiger partial charge in [-0.3, -0.25) is 0 Å². The Morgan fingerprint density at radius 1 is 1.29 bits per heavy atom. The van der Waals surface area contributed by atoms with E-state index in [1.165, 1.54) is 15.9 Å². The number of aryl methyl sites for hydroxylation is 2. The lowest BCUT2D eigenvalue weighted by Gasteiger charge is -2.05. The van der Waals surface area contributed by atoms with Crippen LogP contribution in [-0.4, -0.2) is 26.8 Å². The van der Waals surface area contributed by atoms with E-state index in [2.05, 4.69) is 51.9 Å². The summed E-state index contributed by atoms with van der Waals surface area (Å²) in [6.07, 6.45) is 1.02. The maximum Gasteiger partial charge on any atom is 0.188 e. The van der Waals surface area contributed by atoms with Gasteiger partial charge in [0.15, 0.2) is 5.82 Å². The molecule has 0 fully saturated rings. The maximum atomic E-state index is 4.10. The van der Waals surface area contributed by atoms with Crippen molar-refractivity contribution in [3.63, 3.8) is 0 Å². The number of tetrazole rings is 1. The minimum atomic E-state index is 0.666. The van der Waals surface area contributed by atoms with Gasteiger partial charge in [-0.2, -0.15) is 4.80 Å². The predicted octanol–water partition coefficient (Wildman–Crippen LogP) is 0.851. The zero-order valence-corrected chi connectivity index (χ0v) is 10.2. The quantitative estimate of drug-likeness (QED) is 0.775. The summed E-state index contributed by atoms with van der Waals surface area (Å²) >= 11 is 0. The number of hydrogen-bond donors (Lipinski definition) is 1. The molecule has 1 aromatic heterocycles. The van der Waals surface area contributed by atoms with Crippen LogP contribution in [0.4, 0.5) is 0 Å². The fourth-order valence-corrected chi connectivity index (χ4v) is 1.71. The van der Waals surface area contributed by atoms with E-state index in [1.807, 2.05) is 0 Å². The Morgan fingerprint density at radius 3 is 2.82 bits per heavy atom. The second-order valence-corrected chi connectivity index (χ2v) is 4.05. The molecule has 17 heavy (non-hydrogen) atoms. The number of hydrogen-bond acceptors (Lipinski definition) is 4. The first kappa shape index (κ1) is 11.7. The van der Waals surface area contributed by atoms with Gasteiger partial charge in [0.05, 0.1) is 13.6 Å². The Kier molecular flexibility index (Phi) is 3.82. The standard InChI is InChI=1S/C12H17N5/c1-10-5-3-4-6-11(10)7-8-13-9-12-14-16-17(2)15-12/h3-6,13H,7-9H2,1-2H3. The van der Waals surface area contributed by atoms with Crippen molar-refractivity contribution in [2.45, 2.75) is 19.9 Å². The summed E-state index contributed by atoms with van der Waals surface area (Å²) in [5.41, 5.74) is 2.72. The average molecular weight is 231 g/mol. The zero-order valence-electron chi connectivity index (χ0n) is 10.2. The third kappa shape index (κ3) is 3.35. The molecule has 1 N–H and O–H groups in total. The molecule has 0 bridgehead atoms. The lowest BCUT2D eigenvalue weighted by Crippen LogP contribution is -2.18. The van der Waals surface area contributed by atoms with Crippen LogP contribution >= 0.6 is 0 Å². The van der Waals surface area contributed by atoms with Gasteiger partial charge in [-0.05, 0) is 36.2 Å². The first-order valence-corrected chi connectivity index (χ1v) is 5.74. The van der Waals surface area contributed by atoms with E-state index >= 15 is 0 Å². The van der Waals surface area contributed by atoms with E-state index in [-0.39, 0.29) is 0 Å². The second kappa shape index (κ2) is 5.54. The minimum Gasteiger partial charge on any atom is -0.309 e. The average Bonchev–Trinajstić information content (AvgIpc) is 2.73. The zero-order chi connectivity index (χ0) is 12.1. The first-order valence-electron chi connectivity index (χ1n) is 5.74. The van der Waals surface area contributed by atoms with Gasteiger partial charge in [0.1, 0.15) is 0 Å². The lowest BCUT2D eigenvalue weighted by atomic mass is 10.1. The Bertz CT molecular complexity index is 477. The van der Waals surface area contributed by atoms with Gasteiger partial charge in [-0.15, -0.1) is 10.2 Å². The van der Waals surface area contributed by atoms with E-state index in [4.69, 9.17) is 0 Å². The maximum absolute atomic E-state index is 4.10. The van der Waals surface area contributed by atoms with E-state index in [0.717, 1.165) is 18.8 Å². The molecule has 0 aliphatic heterocycles. The summed E-state index contributed by atoms with van der Waals surface area (Å²) in [5, 5.41) is 15.1. The number of aromatic nitrogens is 4. The van der Waals surface area contributed by atoms with E-state index in [1.54, 1.807) is 7.05 Å². The first-order chi connectivity index (χ1) is 8.25. The van der Waals surface area contributed by atoms with Crippen LogP contribution in [0, 0.1) is 6.92 Å². The van der Waals surface area contributed by atoms with E-state index in [9.17, 15) is 0 Å². The van der Waals surface area contributed by atoms with Gasteiger partial charge in [0, 0.05) is 0 Å². The third-order valence-corrected chi connectivity index (χ3v) is 2.67. The molecule has 2 rings (SSSR count). The molecule has 90 valence electrons. The molecule has 5 heteroatoms. The van der Waals surface area contributed by atoms with Crippen LogP contribution in [0.15, 0.2) is 24.3 Å². The Balaban J connectivity index is 1.75. The molecule has 0 saturated heterocycles. The summed E-state index contributed by atoms with van der Waals surface area (Å²) in [4.78, 5) is 1.47. The van der Waals surface area contributed by atoms with Gasteiger partial charge in [0.25, 0.3) is 0 Å². The van der Waals surface area contributed by atoms with Crippen LogP contribution in [0.5, 0.6) is 0 Å². The monoisotopic (exact) mass is 231 g/mol. The molecule has 0 aliphatic rings. The molecule has 0 spiro atoms. The van der Waals surface area contributed by atoms with Crippen molar-refractivity contribution in [1.82, 2.24) is 25.5 Å². The molecule has 0 atom stereocenters. The van der Waals surface area contributed by atoms with Gasteiger partial charge < -0.3 is 5.32 Å². The van der Waals surface area contributed by atoms with Crippen molar-refractivity contribution in [3.8, 4) is 0 Å². The topological polar surface area (TPSA) is 55.6 Å². The summed E-state index contributed by atoms with van der Waals surface area (Å²) in [6.45, 7) is 3.72. The molecule has 1 heterocycles.